The lowest BCUT2D eigenvalue weighted by atomic mass is 10.2. The second-order valence-corrected chi connectivity index (χ2v) is 6.77. The first-order chi connectivity index (χ1) is 11.8. The van der Waals surface area contributed by atoms with E-state index in [9.17, 15) is 0 Å². The molecule has 0 bridgehead atoms. The fourth-order valence-corrected chi connectivity index (χ4v) is 3.70. The van der Waals surface area contributed by atoms with Crippen LogP contribution in [-0.4, -0.2) is 36.2 Å². The predicted molar refractivity (Wildman–Crippen MR) is 98.6 cm³/mol. The van der Waals surface area contributed by atoms with Gasteiger partial charge in [0.2, 0.25) is 0 Å². The minimum absolute atomic E-state index is 0.482. The highest BCUT2D eigenvalue weighted by Gasteiger charge is 2.14. The van der Waals surface area contributed by atoms with Crippen molar-refractivity contribution < 1.29 is 4.74 Å². The van der Waals surface area contributed by atoms with Crippen molar-refractivity contribution in [2.75, 3.05) is 30.8 Å². The summed E-state index contributed by atoms with van der Waals surface area (Å²) in [6.07, 6.45) is 2.95. The summed E-state index contributed by atoms with van der Waals surface area (Å²) in [5, 5.41) is 11.0. The fraction of sp³-hybridized carbons (Fsp3) is 0.294. The van der Waals surface area contributed by atoms with Gasteiger partial charge in [0.15, 0.2) is 5.13 Å². The first kappa shape index (κ1) is 15.2. The number of hydrogen-bond acceptors (Lipinski definition) is 7. The van der Waals surface area contributed by atoms with Gasteiger partial charge in [-0.25, -0.2) is 9.97 Å². The van der Waals surface area contributed by atoms with Crippen LogP contribution >= 0.6 is 11.3 Å². The predicted octanol–water partition coefficient (Wildman–Crippen LogP) is 3.22. The van der Waals surface area contributed by atoms with Crippen LogP contribution in [0.2, 0.25) is 0 Å². The number of rotatable bonds is 5. The van der Waals surface area contributed by atoms with E-state index in [1.165, 1.54) is 0 Å². The highest BCUT2D eigenvalue weighted by molar-refractivity contribution is 7.22. The van der Waals surface area contributed by atoms with Crippen molar-refractivity contribution in [2.45, 2.75) is 12.5 Å². The summed E-state index contributed by atoms with van der Waals surface area (Å²) in [6, 6.07) is 10.4. The third-order valence-corrected chi connectivity index (χ3v) is 4.96. The Kier molecular flexibility index (Phi) is 4.18. The van der Waals surface area contributed by atoms with Gasteiger partial charge in [0.05, 0.1) is 17.3 Å². The lowest BCUT2D eigenvalue weighted by Gasteiger charge is -2.13. The van der Waals surface area contributed by atoms with Crippen LogP contribution < -0.4 is 20.7 Å². The molecule has 6 nitrogen and oxygen atoms in total. The van der Waals surface area contributed by atoms with Crippen LogP contribution in [-0.2, 0) is 0 Å². The average Bonchev–Trinajstić information content (AvgIpc) is 3.23. The van der Waals surface area contributed by atoms with Crippen molar-refractivity contribution in [1.29, 1.82) is 0 Å². The maximum absolute atomic E-state index is 5.26. The third-order valence-electron chi connectivity index (χ3n) is 4.02. The van der Waals surface area contributed by atoms with Gasteiger partial charge < -0.3 is 20.7 Å². The maximum Gasteiger partial charge on any atom is 0.189 e. The molecule has 0 saturated carbocycles. The first-order valence-electron chi connectivity index (χ1n) is 7.95. The number of methoxy groups -OCH3 is 1. The van der Waals surface area contributed by atoms with Gasteiger partial charge >= 0.3 is 0 Å². The van der Waals surface area contributed by atoms with E-state index in [4.69, 9.17) is 4.74 Å². The molecule has 3 N–H and O–H groups in total. The minimum Gasteiger partial charge on any atom is -0.497 e. The monoisotopic (exact) mass is 341 g/mol. The number of pyridine rings is 1. The Bertz CT molecular complexity index is 844. The fourth-order valence-electron chi connectivity index (χ4n) is 2.80. The van der Waals surface area contributed by atoms with Crippen LogP contribution in [0, 0.1) is 0 Å². The number of nitrogens with zero attached hydrogens (tertiary/aromatic N) is 2. The topological polar surface area (TPSA) is 71.1 Å². The second-order valence-electron chi connectivity index (χ2n) is 5.74. The Hall–Kier alpha value is -2.38. The van der Waals surface area contributed by atoms with E-state index >= 15 is 0 Å². The van der Waals surface area contributed by atoms with E-state index in [2.05, 4.69) is 25.9 Å². The Morgan fingerprint density at radius 3 is 3.08 bits per heavy atom. The zero-order valence-corrected chi connectivity index (χ0v) is 14.2. The number of thiazole rings is 1. The molecule has 0 aliphatic carbocycles. The molecule has 1 aliphatic heterocycles. The summed E-state index contributed by atoms with van der Waals surface area (Å²) in [6.45, 7) is 2.08. The molecule has 124 valence electrons. The van der Waals surface area contributed by atoms with Crippen molar-refractivity contribution >= 4 is 38.2 Å². The molecular formula is C17H19N5OS. The number of fused-ring (bicyclic) bond motifs is 1. The van der Waals surface area contributed by atoms with Crippen LogP contribution in [0.25, 0.3) is 10.2 Å². The molecule has 1 unspecified atom stereocenters. The molecule has 0 radical (unpaired) electrons. The number of ether oxygens (including phenoxy) is 1. The molecule has 1 aromatic carbocycles. The van der Waals surface area contributed by atoms with Crippen LogP contribution in [0.4, 0.5) is 16.6 Å². The molecule has 1 atom stereocenters. The first-order valence-corrected chi connectivity index (χ1v) is 8.77. The molecular weight excluding hydrogens is 322 g/mol. The SMILES string of the molecule is COc1ccc2nc(Nc3cc(NC4CCNC4)ccn3)sc2c1. The van der Waals surface area contributed by atoms with Crippen molar-refractivity contribution in [3.05, 3.63) is 36.5 Å². The van der Waals surface area contributed by atoms with E-state index in [-0.39, 0.29) is 0 Å². The van der Waals surface area contributed by atoms with Gasteiger partial charge in [-0.15, -0.1) is 0 Å². The van der Waals surface area contributed by atoms with Crippen molar-refractivity contribution in [3.63, 3.8) is 0 Å². The Balaban J connectivity index is 1.52. The Morgan fingerprint density at radius 1 is 1.29 bits per heavy atom. The number of anilines is 3. The van der Waals surface area contributed by atoms with E-state index in [0.717, 1.165) is 52.1 Å². The van der Waals surface area contributed by atoms with Gasteiger partial charge in [0, 0.05) is 30.5 Å². The minimum atomic E-state index is 0.482. The van der Waals surface area contributed by atoms with Gasteiger partial charge in [-0.05, 0) is 37.2 Å². The van der Waals surface area contributed by atoms with Crippen LogP contribution in [0.3, 0.4) is 0 Å². The molecule has 3 aromatic rings. The second kappa shape index (κ2) is 6.62. The zero-order valence-electron chi connectivity index (χ0n) is 13.4. The van der Waals surface area contributed by atoms with E-state index in [1.807, 2.05) is 36.5 Å². The molecule has 2 aromatic heterocycles. The van der Waals surface area contributed by atoms with Crippen molar-refractivity contribution in [3.8, 4) is 5.75 Å². The molecule has 0 spiro atoms. The molecule has 7 heteroatoms. The van der Waals surface area contributed by atoms with Gasteiger partial charge in [0.1, 0.15) is 11.6 Å². The standard InChI is InChI=1S/C17H19N5OS/c1-23-13-2-3-14-15(9-13)24-17(21-14)22-16-8-11(5-7-19-16)20-12-4-6-18-10-12/h2-3,5,7-9,12,18H,4,6,10H2,1H3,(H2,19,20,21,22). The smallest absolute Gasteiger partial charge is 0.189 e. The largest absolute Gasteiger partial charge is 0.497 e. The average molecular weight is 341 g/mol. The zero-order chi connectivity index (χ0) is 16.4. The maximum atomic E-state index is 5.26. The molecule has 3 heterocycles. The Morgan fingerprint density at radius 2 is 2.25 bits per heavy atom. The summed E-state index contributed by atoms with van der Waals surface area (Å²) in [4.78, 5) is 8.99. The molecule has 1 saturated heterocycles. The summed E-state index contributed by atoms with van der Waals surface area (Å²) < 4.78 is 6.35. The number of nitrogens with one attached hydrogen (secondary N) is 3. The molecule has 1 fully saturated rings. The van der Waals surface area contributed by atoms with Gasteiger partial charge in [-0.3, -0.25) is 0 Å². The number of hydrogen-bond donors (Lipinski definition) is 3. The summed E-state index contributed by atoms with van der Waals surface area (Å²) in [5.41, 5.74) is 2.03. The normalized spacial score (nSPS) is 17.1. The quantitative estimate of drug-likeness (QED) is 0.662. The summed E-state index contributed by atoms with van der Waals surface area (Å²) in [7, 11) is 1.67. The lowest BCUT2D eigenvalue weighted by molar-refractivity contribution is 0.415. The highest BCUT2D eigenvalue weighted by atomic mass is 32.1. The summed E-state index contributed by atoms with van der Waals surface area (Å²) in [5.74, 6) is 1.63. The van der Waals surface area contributed by atoms with Gasteiger partial charge in [-0.1, -0.05) is 11.3 Å². The third kappa shape index (κ3) is 3.27. The Labute approximate surface area is 144 Å². The highest BCUT2D eigenvalue weighted by Crippen LogP contribution is 2.30. The molecule has 24 heavy (non-hydrogen) atoms. The number of aromatic nitrogens is 2. The molecule has 0 amide bonds. The van der Waals surface area contributed by atoms with E-state index in [0.29, 0.717) is 6.04 Å². The van der Waals surface area contributed by atoms with Gasteiger partial charge in [-0.2, -0.15) is 0 Å². The van der Waals surface area contributed by atoms with E-state index < -0.39 is 0 Å². The van der Waals surface area contributed by atoms with E-state index in [1.54, 1.807) is 18.4 Å². The van der Waals surface area contributed by atoms with Crippen molar-refractivity contribution in [2.24, 2.45) is 0 Å². The molecule has 1 aliphatic rings. The van der Waals surface area contributed by atoms with Crippen LogP contribution in [0.15, 0.2) is 36.5 Å². The van der Waals surface area contributed by atoms with Crippen molar-refractivity contribution in [1.82, 2.24) is 15.3 Å². The number of benzene rings is 1. The lowest BCUT2D eigenvalue weighted by Crippen LogP contribution is -2.22. The van der Waals surface area contributed by atoms with Crippen LogP contribution in [0.5, 0.6) is 5.75 Å². The summed E-state index contributed by atoms with van der Waals surface area (Å²) >= 11 is 1.59. The van der Waals surface area contributed by atoms with Crippen LogP contribution in [0.1, 0.15) is 6.42 Å². The molecule has 4 rings (SSSR count). The van der Waals surface area contributed by atoms with Gasteiger partial charge in [0.25, 0.3) is 0 Å².